The van der Waals surface area contributed by atoms with Crippen molar-refractivity contribution < 1.29 is 9.90 Å². The average Bonchev–Trinajstić information content (AvgIpc) is 2.84. The highest BCUT2D eigenvalue weighted by molar-refractivity contribution is 9.10. The van der Waals surface area contributed by atoms with E-state index >= 15 is 0 Å². The standard InChI is InChI=1S/C17H16BrNO2/c18-15-8-4-2-6-13(15)16(20)19-11-17(21)10-9-12-5-1-3-7-14(12)17/h1-8,21H,9-11H2,(H,19,20)/t17-/m0/s1. The Morgan fingerprint density at radius 2 is 1.90 bits per heavy atom. The van der Waals surface area contributed by atoms with E-state index in [1.165, 1.54) is 0 Å². The first-order valence-corrected chi connectivity index (χ1v) is 7.73. The molecule has 4 heteroatoms. The van der Waals surface area contributed by atoms with Crippen LogP contribution in [0.25, 0.3) is 0 Å². The summed E-state index contributed by atoms with van der Waals surface area (Å²) in [5.41, 5.74) is 1.70. The summed E-state index contributed by atoms with van der Waals surface area (Å²) < 4.78 is 0.751. The Balaban J connectivity index is 1.74. The molecule has 0 heterocycles. The van der Waals surface area contributed by atoms with Gasteiger partial charge in [0.1, 0.15) is 5.60 Å². The number of nitrogens with one attached hydrogen (secondary N) is 1. The summed E-state index contributed by atoms with van der Waals surface area (Å²) in [6.45, 7) is 0.226. The minimum absolute atomic E-state index is 0.180. The van der Waals surface area contributed by atoms with Gasteiger partial charge in [-0.1, -0.05) is 36.4 Å². The predicted molar refractivity (Wildman–Crippen MR) is 85.1 cm³/mol. The second kappa shape index (κ2) is 5.62. The molecular formula is C17H16BrNO2. The number of amides is 1. The summed E-state index contributed by atoms with van der Waals surface area (Å²) in [5.74, 6) is -0.180. The van der Waals surface area contributed by atoms with Crippen molar-refractivity contribution in [3.05, 3.63) is 69.7 Å². The molecular weight excluding hydrogens is 330 g/mol. The van der Waals surface area contributed by atoms with E-state index in [-0.39, 0.29) is 12.5 Å². The molecule has 3 rings (SSSR count). The highest BCUT2D eigenvalue weighted by Crippen LogP contribution is 2.36. The third-order valence-electron chi connectivity index (χ3n) is 3.99. The lowest BCUT2D eigenvalue weighted by molar-refractivity contribution is 0.0369. The number of aliphatic hydroxyl groups is 1. The number of fused-ring (bicyclic) bond motifs is 1. The van der Waals surface area contributed by atoms with E-state index in [0.29, 0.717) is 12.0 Å². The summed E-state index contributed by atoms with van der Waals surface area (Å²) in [4.78, 5) is 12.2. The van der Waals surface area contributed by atoms with Crippen molar-refractivity contribution in [2.75, 3.05) is 6.54 Å². The topological polar surface area (TPSA) is 49.3 Å². The van der Waals surface area contributed by atoms with Crippen LogP contribution in [0.4, 0.5) is 0 Å². The van der Waals surface area contributed by atoms with Gasteiger partial charge < -0.3 is 10.4 Å². The van der Waals surface area contributed by atoms with E-state index < -0.39 is 5.60 Å². The van der Waals surface area contributed by atoms with Crippen LogP contribution < -0.4 is 5.32 Å². The molecule has 1 atom stereocenters. The molecule has 2 aromatic rings. The SMILES string of the molecule is O=C(NC[C@@]1(O)CCc2ccccc21)c1ccccc1Br. The van der Waals surface area contributed by atoms with E-state index in [0.717, 1.165) is 22.0 Å². The average molecular weight is 346 g/mol. The van der Waals surface area contributed by atoms with Crippen molar-refractivity contribution in [1.82, 2.24) is 5.32 Å². The fourth-order valence-corrected chi connectivity index (χ4v) is 3.28. The molecule has 0 bridgehead atoms. The van der Waals surface area contributed by atoms with Crippen molar-refractivity contribution in [3.8, 4) is 0 Å². The number of halogens is 1. The molecule has 0 aromatic heterocycles. The summed E-state index contributed by atoms with van der Waals surface area (Å²) >= 11 is 3.37. The maximum absolute atomic E-state index is 12.2. The smallest absolute Gasteiger partial charge is 0.252 e. The van der Waals surface area contributed by atoms with Crippen LogP contribution in [0, 0.1) is 0 Å². The second-order valence-corrected chi connectivity index (χ2v) is 6.21. The lowest BCUT2D eigenvalue weighted by atomic mass is 9.96. The van der Waals surface area contributed by atoms with Crippen LogP contribution in [0.3, 0.4) is 0 Å². The van der Waals surface area contributed by atoms with Crippen LogP contribution in [0.1, 0.15) is 27.9 Å². The maximum atomic E-state index is 12.2. The van der Waals surface area contributed by atoms with Gasteiger partial charge in [-0.3, -0.25) is 4.79 Å². The second-order valence-electron chi connectivity index (χ2n) is 5.35. The van der Waals surface area contributed by atoms with Gasteiger partial charge in [0.25, 0.3) is 5.91 Å². The van der Waals surface area contributed by atoms with Crippen molar-refractivity contribution in [2.24, 2.45) is 0 Å². The Morgan fingerprint density at radius 3 is 2.71 bits per heavy atom. The zero-order valence-corrected chi connectivity index (χ0v) is 13.1. The third-order valence-corrected chi connectivity index (χ3v) is 4.68. The number of hydrogen-bond donors (Lipinski definition) is 2. The molecule has 2 N–H and O–H groups in total. The van der Waals surface area contributed by atoms with Crippen molar-refractivity contribution in [3.63, 3.8) is 0 Å². The summed E-state index contributed by atoms with van der Waals surface area (Å²) in [7, 11) is 0. The number of hydrogen-bond acceptors (Lipinski definition) is 2. The van der Waals surface area contributed by atoms with Crippen LogP contribution in [-0.2, 0) is 12.0 Å². The Hall–Kier alpha value is -1.65. The van der Waals surface area contributed by atoms with Crippen molar-refractivity contribution in [1.29, 1.82) is 0 Å². The van der Waals surface area contributed by atoms with E-state index in [1.807, 2.05) is 42.5 Å². The van der Waals surface area contributed by atoms with Gasteiger partial charge in [0.05, 0.1) is 12.1 Å². The van der Waals surface area contributed by atoms with Crippen LogP contribution in [0.5, 0.6) is 0 Å². The van der Waals surface area contributed by atoms with E-state index in [1.54, 1.807) is 6.07 Å². The van der Waals surface area contributed by atoms with Crippen LogP contribution in [-0.4, -0.2) is 17.6 Å². The Labute approximate surface area is 132 Å². The van der Waals surface area contributed by atoms with Crippen LogP contribution in [0.15, 0.2) is 53.0 Å². The normalized spacial score (nSPS) is 20.1. The number of carbonyl (C=O) groups is 1. The molecule has 1 aliphatic carbocycles. The van der Waals surface area contributed by atoms with Gasteiger partial charge >= 0.3 is 0 Å². The first kappa shape index (κ1) is 14.3. The fraction of sp³-hybridized carbons (Fsp3) is 0.235. The molecule has 0 spiro atoms. The Bertz CT molecular complexity index is 686. The fourth-order valence-electron chi connectivity index (χ4n) is 2.82. The molecule has 0 aliphatic heterocycles. The zero-order valence-electron chi connectivity index (χ0n) is 11.5. The molecule has 0 radical (unpaired) electrons. The maximum Gasteiger partial charge on any atom is 0.252 e. The number of benzene rings is 2. The highest BCUT2D eigenvalue weighted by atomic mass is 79.9. The molecule has 1 amide bonds. The third kappa shape index (κ3) is 2.74. The first-order valence-electron chi connectivity index (χ1n) is 6.94. The van der Waals surface area contributed by atoms with Gasteiger partial charge in [0, 0.05) is 4.47 Å². The molecule has 0 saturated heterocycles. The van der Waals surface area contributed by atoms with Gasteiger partial charge in [0.2, 0.25) is 0 Å². The van der Waals surface area contributed by atoms with E-state index in [4.69, 9.17) is 0 Å². The number of carbonyl (C=O) groups excluding carboxylic acids is 1. The monoisotopic (exact) mass is 345 g/mol. The molecule has 3 nitrogen and oxygen atoms in total. The number of aryl methyl sites for hydroxylation is 1. The minimum atomic E-state index is -0.965. The van der Waals surface area contributed by atoms with Gasteiger partial charge in [-0.05, 0) is 52.0 Å². The van der Waals surface area contributed by atoms with Crippen molar-refractivity contribution in [2.45, 2.75) is 18.4 Å². The molecule has 108 valence electrons. The zero-order chi connectivity index (χ0) is 14.9. The van der Waals surface area contributed by atoms with Crippen LogP contribution >= 0.6 is 15.9 Å². The molecule has 21 heavy (non-hydrogen) atoms. The summed E-state index contributed by atoms with van der Waals surface area (Å²) in [6.07, 6.45) is 1.49. The van der Waals surface area contributed by atoms with E-state index in [2.05, 4.69) is 21.2 Å². The Kier molecular flexibility index (Phi) is 3.83. The van der Waals surface area contributed by atoms with Gasteiger partial charge in [-0.25, -0.2) is 0 Å². The summed E-state index contributed by atoms with van der Waals surface area (Å²) in [5, 5.41) is 13.6. The van der Waals surface area contributed by atoms with Gasteiger partial charge in [0.15, 0.2) is 0 Å². The summed E-state index contributed by atoms with van der Waals surface area (Å²) in [6, 6.07) is 15.1. The van der Waals surface area contributed by atoms with E-state index in [9.17, 15) is 9.90 Å². The first-order chi connectivity index (χ1) is 10.1. The Morgan fingerprint density at radius 1 is 1.19 bits per heavy atom. The molecule has 0 unspecified atom stereocenters. The number of rotatable bonds is 3. The molecule has 2 aromatic carbocycles. The minimum Gasteiger partial charge on any atom is -0.383 e. The van der Waals surface area contributed by atoms with Gasteiger partial charge in [-0.2, -0.15) is 0 Å². The highest BCUT2D eigenvalue weighted by Gasteiger charge is 2.36. The van der Waals surface area contributed by atoms with Crippen LogP contribution in [0.2, 0.25) is 0 Å². The predicted octanol–water partition coefficient (Wildman–Crippen LogP) is 3.01. The molecule has 1 aliphatic rings. The van der Waals surface area contributed by atoms with Crippen molar-refractivity contribution >= 4 is 21.8 Å². The lowest BCUT2D eigenvalue weighted by Crippen LogP contribution is -2.39. The molecule has 0 saturated carbocycles. The largest absolute Gasteiger partial charge is 0.383 e. The quantitative estimate of drug-likeness (QED) is 0.898. The van der Waals surface area contributed by atoms with Gasteiger partial charge in [-0.15, -0.1) is 0 Å². The lowest BCUT2D eigenvalue weighted by Gasteiger charge is -2.24. The molecule has 0 fully saturated rings.